The molecule has 5 aromatic rings. The maximum Gasteiger partial charge on any atom is 0.414 e. The zero-order valence-corrected chi connectivity index (χ0v) is 32.7. The van der Waals surface area contributed by atoms with Gasteiger partial charge in [-0.15, -0.1) is 5.10 Å². The van der Waals surface area contributed by atoms with Crippen LogP contribution in [0.4, 0.5) is 16.2 Å². The summed E-state index contributed by atoms with van der Waals surface area (Å²) in [5.74, 6) is 0.324. The molecular weight excluding hydrogens is 711 g/mol. The molecule has 1 unspecified atom stereocenters. The van der Waals surface area contributed by atoms with Crippen LogP contribution in [0, 0.1) is 5.92 Å². The van der Waals surface area contributed by atoms with Crippen LogP contribution in [0.15, 0.2) is 109 Å². The van der Waals surface area contributed by atoms with Crippen molar-refractivity contribution in [1.29, 1.82) is 0 Å². The van der Waals surface area contributed by atoms with E-state index < -0.39 is 13.7 Å². The number of rotatable bonds is 12. The van der Waals surface area contributed by atoms with E-state index in [4.69, 9.17) is 14.2 Å². The highest BCUT2D eigenvalue weighted by molar-refractivity contribution is 6.91. The molecule has 2 saturated heterocycles. The second-order valence-electron chi connectivity index (χ2n) is 15.3. The number of benzene rings is 4. The minimum Gasteiger partial charge on any atom is -0.497 e. The number of hydrogen-bond acceptors (Lipinski definition) is 8. The maximum absolute atomic E-state index is 15.2. The quantitative estimate of drug-likeness (QED) is 0.149. The number of methoxy groups -OCH3 is 1. The fraction of sp³-hybridized carbons (Fsp3) is 0.349. The highest BCUT2D eigenvalue weighted by Crippen LogP contribution is 2.60. The van der Waals surface area contributed by atoms with Gasteiger partial charge in [-0.05, 0) is 53.4 Å². The van der Waals surface area contributed by atoms with Gasteiger partial charge in [-0.1, -0.05) is 103 Å². The molecule has 5 atom stereocenters. The number of para-hydroxylation sites is 1. The average Bonchev–Trinajstić information content (AvgIpc) is 3.98. The molecule has 284 valence electrons. The van der Waals surface area contributed by atoms with Gasteiger partial charge >= 0.3 is 6.09 Å². The molecule has 11 nitrogen and oxygen atoms in total. The second-order valence-corrected chi connectivity index (χ2v) is 20.0. The predicted octanol–water partition coefficient (Wildman–Crippen LogP) is 6.22. The summed E-state index contributed by atoms with van der Waals surface area (Å²) in [4.78, 5) is 30.8. The number of ether oxygens (including phenoxy) is 3. The number of carbonyl (C=O) groups excluding carboxylic acids is 2. The van der Waals surface area contributed by atoms with E-state index in [1.165, 1.54) is 5.19 Å². The fourth-order valence-electron chi connectivity index (χ4n) is 9.18. The molecule has 55 heavy (non-hydrogen) atoms. The Labute approximate surface area is 322 Å². The molecule has 1 N–H and O–H groups in total. The topological polar surface area (TPSA) is 119 Å². The zero-order valence-electron chi connectivity index (χ0n) is 31.7. The van der Waals surface area contributed by atoms with E-state index in [2.05, 4.69) is 48.5 Å². The summed E-state index contributed by atoms with van der Waals surface area (Å²) < 4.78 is 19.8. The number of fused-ring (bicyclic) bond motifs is 2. The minimum absolute atomic E-state index is 0.0582. The Hall–Kier alpha value is -5.30. The van der Waals surface area contributed by atoms with Gasteiger partial charge in [-0.3, -0.25) is 14.4 Å². The number of aromatic nitrogens is 3. The lowest BCUT2D eigenvalue weighted by Gasteiger charge is -2.37. The SMILES string of the molecule is COc1ccc([Si](C)(C)[C@H]2[C@H](CCn3cc(C(CO)c4ccccc4)nn3)O[C@@]3(C(=O)N(Cc4ccc(N5CCOC5=O)cc4)c4ccccc43)[C@@H]2C)cc1. The summed E-state index contributed by atoms with van der Waals surface area (Å²) in [5, 5.41) is 20.5. The summed E-state index contributed by atoms with van der Waals surface area (Å²) in [6.45, 7) is 8.67. The number of aliphatic hydroxyl groups is 1. The normalized spacial score (nSPS) is 22.7. The molecule has 2 fully saturated rings. The van der Waals surface area contributed by atoms with Gasteiger partial charge in [0.15, 0.2) is 5.60 Å². The smallest absolute Gasteiger partial charge is 0.414 e. The van der Waals surface area contributed by atoms with Crippen molar-refractivity contribution in [2.75, 3.05) is 36.7 Å². The summed E-state index contributed by atoms with van der Waals surface area (Å²) in [6.07, 6.45) is 1.93. The molecule has 8 rings (SSSR count). The summed E-state index contributed by atoms with van der Waals surface area (Å²) in [6, 6.07) is 34.0. The van der Waals surface area contributed by atoms with E-state index in [1.54, 1.807) is 12.0 Å². The summed E-state index contributed by atoms with van der Waals surface area (Å²) in [5.41, 5.74) is 4.04. The van der Waals surface area contributed by atoms with E-state index >= 15 is 4.79 Å². The number of aliphatic hydroxyl groups excluding tert-OH is 1. The van der Waals surface area contributed by atoms with Crippen LogP contribution in [-0.4, -0.2) is 73.1 Å². The van der Waals surface area contributed by atoms with Gasteiger partial charge < -0.3 is 24.2 Å². The lowest BCUT2D eigenvalue weighted by Crippen LogP contribution is -2.51. The van der Waals surface area contributed by atoms with Gasteiger partial charge in [-0.25, -0.2) is 4.79 Å². The Morgan fingerprint density at radius 1 is 0.964 bits per heavy atom. The molecule has 3 aliphatic heterocycles. The van der Waals surface area contributed by atoms with Gasteiger partial charge in [0.2, 0.25) is 0 Å². The van der Waals surface area contributed by atoms with Crippen molar-refractivity contribution in [2.45, 2.75) is 62.7 Å². The summed E-state index contributed by atoms with van der Waals surface area (Å²) in [7, 11) is -0.671. The molecule has 0 aliphatic carbocycles. The third kappa shape index (κ3) is 6.41. The number of hydrogen-bond donors (Lipinski definition) is 1. The molecule has 4 aromatic carbocycles. The Bertz CT molecular complexity index is 2160. The van der Waals surface area contributed by atoms with Crippen LogP contribution >= 0.6 is 0 Å². The highest BCUT2D eigenvalue weighted by Gasteiger charge is 2.66. The van der Waals surface area contributed by atoms with Crippen molar-refractivity contribution in [3.8, 4) is 5.75 Å². The first-order chi connectivity index (χ1) is 26.6. The predicted molar refractivity (Wildman–Crippen MR) is 212 cm³/mol. The first-order valence-corrected chi connectivity index (χ1v) is 22.1. The van der Waals surface area contributed by atoms with Crippen LogP contribution in [0.2, 0.25) is 18.6 Å². The Morgan fingerprint density at radius 2 is 1.69 bits per heavy atom. The first kappa shape index (κ1) is 36.7. The zero-order chi connectivity index (χ0) is 38.3. The van der Waals surface area contributed by atoms with Crippen LogP contribution in [0.25, 0.3) is 0 Å². The largest absolute Gasteiger partial charge is 0.497 e. The second kappa shape index (κ2) is 14.7. The number of nitrogens with zero attached hydrogens (tertiary/aromatic N) is 5. The Balaban J connectivity index is 1.11. The number of carbonyl (C=O) groups is 2. The van der Waals surface area contributed by atoms with Gasteiger partial charge in [0, 0.05) is 29.9 Å². The monoisotopic (exact) mass is 757 g/mol. The maximum atomic E-state index is 15.2. The van der Waals surface area contributed by atoms with Crippen LogP contribution in [0.1, 0.15) is 41.6 Å². The molecule has 0 radical (unpaired) electrons. The number of aryl methyl sites for hydroxylation is 1. The van der Waals surface area contributed by atoms with Crippen molar-refractivity contribution >= 4 is 36.6 Å². The summed E-state index contributed by atoms with van der Waals surface area (Å²) >= 11 is 0. The molecule has 1 spiro atoms. The molecule has 2 amide bonds. The number of amides is 2. The van der Waals surface area contributed by atoms with Crippen LogP contribution in [0.5, 0.6) is 5.75 Å². The van der Waals surface area contributed by atoms with Crippen LogP contribution in [0.3, 0.4) is 0 Å². The molecule has 0 saturated carbocycles. The first-order valence-electron chi connectivity index (χ1n) is 19.0. The number of anilines is 2. The Morgan fingerprint density at radius 3 is 2.38 bits per heavy atom. The van der Waals surface area contributed by atoms with Gasteiger partial charge in [0.1, 0.15) is 12.4 Å². The van der Waals surface area contributed by atoms with Gasteiger partial charge in [-0.2, -0.15) is 0 Å². The van der Waals surface area contributed by atoms with Crippen LogP contribution < -0.4 is 19.7 Å². The lowest BCUT2D eigenvalue weighted by atomic mass is 9.82. The van der Waals surface area contributed by atoms with E-state index in [9.17, 15) is 9.90 Å². The van der Waals surface area contributed by atoms with Crippen LogP contribution in [-0.2, 0) is 33.0 Å². The van der Waals surface area contributed by atoms with Crippen molar-refractivity contribution in [3.05, 3.63) is 132 Å². The molecular formula is C43H47N5O6Si. The van der Waals surface area contributed by atoms with Crippen molar-refractivity contribution in [2.24, 2.45) is 5.92 Å². The lowest BCUT2D eigenvalue weighted by molar-refractivity contribution is -0.146. The highest BCUT2D eigenvalue weighted by atomic mass is 28.3. The average molecular weight is 758 g/mol. The molecule has 3 aliphatic rings. The van der Waals surface area contributed by atoms with Crippen molar-refractivity contribution in [1.82, 2.24) is 15.0 Å². The van der Waals surface area contributed by atoms with Gasteiger partial charge in [0.25, 0.3) is 5.91 Å². The van der Waals surface area contributed by atoms with E-state index in [0.717, 1.165) is 33.8 Å². The van der Waals surface area contributed by atoms with E-state index in [1.807, 2.05) is 101 Å². The standard InChI is InChI=1S/C43H47N5O6Si/c1-29-40(55(3,4)34-20-18-33(52-2)19-21-34)39(22-23-46-27-37(44-45-46)35(28-49)31-10-6-5-7-11-31)54-43(29)36-12-8-9-13-38(36)48(41(43)50)26-30-14-16-32(17-15-30)47-24-25-53-42(47)51/h5-21,27,29,35,39-40,49H,22-26,28H2,1-4H3/t29-,35?,39+,40-,43+/m1/s1. The third-order valence-corrected chi connectivity index (χ3v) is 16.4. The molecule has 1 aromatic heterocycles. The third-order valence-electron chi connectivity index (χ3n) is 12.0. The van der Waals surface area contributed by atoms with E-state index in [-0.39, 0.29) is 42.1 Å². The van der Waals surface area contributed by atoms with Crippen molar-refractivity contribution in [3.63, 3.8) is 0 Å². The molecule has 0 bridgehead atoms. The fourth-order valence-corrected chi connectivity index (χ4v) is 13.2. The van der Waals surface area contributed by atoms with E-state index in [0.29, 0.717) is 38.4 Å². The van der Waals surface area contributed by atoms with Gasteiger partial charge in [0.05, 0.1) is 58.3 Å². The minimum atomic E-state index is -2.35. The Kier molecular flexibility index (Phi) is 9.82. The van der Waals surface area contributed by atoms with Crippen molar-refractivity contribution < 1.29 is 28.9 Å². The number of cyclic esters (lactones) is 1. The molecule has 12 heteroatoms. The molecule has 4 heterocycles.